The maximum Gasteiger partial charge on any atom is 0.0950 e. The van der Waals surface area contributed by atoms with Crippen LogP contribution >= 0.6 is 0 Å². The summed E-state index contributed by atoms with van der Waals surface area (Å²) in [5.74, 6) is 0. The second-order valence-electron chi connectivity index (χ2n) is 4.03. The van der Waals surface area contributed by atoms with E-state index in [1.165, 1.54) is 5.56 Å². The first kappa shape index (κ1) is 13.2. The first-order valence-corrected chi connectivity index (χ1v) is 5.67. The zero-order valence-electron chi connectivity index (χ0n) is 10.4. The zero-order valence-corrected chi connectivity index (χ0v) is 10.4. The van der Waals surface area contributed by atoms with Crippen molar-refractivity contribution in [3.05, 3.63) is 24.2 Å². The van der Waals surface area contributed by atoms with Gasteiger partial charge in [0, 0.05) is 38.3 Å². The summed E-state index contributed by atoms with van der Waals surface area (Å²) in [4.78, 5) is 2.25. The molecule has 1 rings (SSSR count). The Balaban J connectivity index is 2.11. The number of rotatable bonds is 8. The highest BCUT2D eigenvalue weighted by Gasteiger charge is 2.05. The maximum absolute atomic E-state index is 5.05. The van der Waals surface area contributed by atoms with E-state index >= 15 is 0 Å². The van der Waals surface area contributed by atoms with Crippen molar-refractivity contribution in [2.75, 3.05) is 40.4 Å². The standard InChI is InChI=1S/C12H22N2O2/c1-11(12-4-8-16-10-12)13-5-6-14(2)7-9-15-3/h4,8,10-11,13H,5-7,9H2,1-3H3. The lowest BCUT2D eigenvalue weighted by Crippen LogP contribution is -2.32. The highest BCUT2D eigenvalue weighted by atomic mass is 16.5. The van der Waals surface area contributed by atoms with Gasteiger partial charge in [-0.05, 0) is 20.0 Å². The topological polar surface area (TPSA) is 37.6 Å². The number of ether oxygens (including phenoxy) is 1. The van der Waals surface area contributed by atoms with E-state index in [0.29, 0.717) is 6.04 Å². The fraction of sp³-hybridized carbons (Fsp3) is 0.667. The van der Waals surface area contributed by atoms with Crippen molar-refractivity contribution in [1.29, 1.82) is 0 Å². The van der Waals surface area contributed by atoms with Crippen LogP contribution in [0.2, 0.25) is 0 Å². The van der Waals surface area contributed by atoms with E-state index in [1.807, 2.05) is 6.07 Å². The van der Waals surface area contributed by atoms with E-state index in [1.54, 1.807) is 19.6 Å². The summed E-state index contributed by atoms with van der Waals surface area (Å²) in [6.45, 7) is 5.88. The second kappa shape index (κ2) is 7.44. The molecule has 4 heteroatoms. The molecule has 0 aliphatic rings. The third-order valence-corrected chi connectivity index (χ3v) is 2.66. The Kier molecular flexibility index (Phi) is 6.15. The first-order chi connectivity index (χ1) is 7.74. The van der Waals surface area contributed by atoms with Gasteiger partial charge in [0.05, 0.1) is 19.1 Å². The van der Waals surface area contributed by atoms with Crippen molar-refractivity contribution in [3.8, 4) is 0 Å². The van der Waals surface area contributed by atoms with Crippen molar-refractivity contribution in [2.24, 2.45) is 0 Å². The van der Waals surface area contributed by atoms with Gasteiger partial charge in [-0.25, -0.2) is 0 Å². The predicted octanol–water partition coefficient (Wildman–Crippen LogP) is 1.51. The van der Waals surface area contributed by atoms with Crippen LogP contribution in [-0.2, 0) is 4.74 Å². The lowest BCUT2D eigenvalue weighted by atomic mass is 10.2. The summed E-state index contributed by atoms with van der Waals surface area (Å²) >= 11 is 0. The van der Waals surface area contributed by atoms with Gasteiger partial charge in [-0.15, -0.1) is 0 Å². The molecule has 0 spiro atoms. The molecule has 0 aromatic carbocycles. The van der Waals surface area contributed by atoms with E-state index < -0.39 is 0 Å². The molecule has 0 aliphatic heterocycles. The summed E-state index contributed by atoms with van der Waals surface area (Å²) < 4.78 is 10.1. The molecule has 0 saturated heterocycles. The van der Waals surface area contributed by atoms with Crippen LogP contribution in [0.4, 0.5) is 0 Å². The molecule has 1 atom stereocenters. The third-order valence-electron chi connectivity index (χ3n) is 2.66. The van der Waals surface area contributed by atoms with E-state index in [9.17, 15) is 0 Å². The van der Waals surface area contributed by atoms with E-state index in [2.05, 4.69) is 24.2 Å². The van der Waals surface area contributed by atoms with Crippen LogP contribution in [0.15, 0.2) is 23.0 Å². The molecule has 0 saturated carbocycles. The summed E-state index contributed by atoms with van der Waals surface area (Å²) in [7, 11) is 3.83. The smallest absolute Gasteiger partial charge is 0.0950 e. The van der Waals surface area contributed by atoms with Crippen molar-refractivity contribution >= 4 is 0 Å². The van der Waals surface area contributed by atoms with Gasteiger partial charge < -0.3 is 19.4 Å². The van der Waals surface area contributed by atoms with Gasteiger partial charge in [-0.2, -0.15) is 0 Å². The van der Waals surface area contributed by atoms with E-state index in [0.717, 1.165) is 26.2 Å². The molecule has 1 N–H and O–H groups in total. The van der Waals surface area contributed by atoms with Crippen molar-refractivity contribution in [2.45, 2.75) is 13.0 Å². The highest BCUT2D eigenvalue weighted by molar-refractivity contribution is 5.10. The third kappa shape index (κ3) is 4.79. The molecule has 1 aromatic rings. The average molecular weight is 226 g/mol. The molecule has 92 valence electrons. The molecule has 1 aromatic heterocycles. The van der Waals surface area contributed by atoms with Crippen molar-refractivity contribution in [1.82, 2.24) is 10.2 Å². The molecule has 0 aliphatic carbocycles. The van der Waals surface area contributed by atoms with Crippen LogP contribution in [0.5, 0.6) is 0 Å². The Bertz CT molecular complexity index is 262. The molecule has 4 nitrogen and oxygen atoms in total. The minimum Gasteiger partial charge on any atom is -0.472 e. The van der Waals surface area contributed by atoms with Crippen molar-refractivity contribution < 1.29 is 9.15 Å². The van der Waals surface area contributed by atoms with Gasteiger partial charge in [0.15, 0.2) is 0 Å². The van der Waals surface area contributed by atoms with Gasteiger partial charge in [0.2, 0.25) is 0 Å². The summed E-state index contributed by atoms with van der Waals surface area (Å²) in [6.07, 6.45) is 3.49. The number of nitrogens with zero attached hydrogens (tertiary/aromatic N) is 1. The molecule has 0 radical (unpaired) electrons. The van der Waals surface area contributed by atoms with Crippen LogP contribution in [-0.4, -0.2) is 45.3 Å². The number of furan rings is 1. The maximum atomic E-state index is 5.05. The molecule has 16 heavy (non-hydrogen) atoms. The molecule has 1 unspecified atom stereocenters. The lowest BCUT2D eigenvalue weighted by Gasteiger charge is -2.18. The Morgan fingerprint density at radius 2 is 2.31 bits per heavy atom. The normalized spacial score (nSPS) is 13.2. The Morgan fingerprint density at radius 3 is 2.94 bits per heavy atom. The number of nitrogens with one attached hydrogen (secondary N) is 1. The Labute approximate surface area is 97.6 Å². The lowest BCUT2D eigenvalue weighted by molar-refractivity contribution is 0.161. The fourth-order valence-corrected chi connectivity index (χ4v) is 1.47. The average Bonchev–Trinajstić information content (AvgIpc) is 2.79. The zero-order chi connectivity index (χ0) is 11.8. The second-order valence-corrected chi connectivity index (χ2v) is 4.03. The molecular weight excluding hydrogens is 204 g/mol. The molecule has 0 amide bonds. The SMILES string of the molecule is COCCN(C)CCNC(C)c1ccoc1. The van der Waals surface area contributed by atoms with Gasteiger partial charge in [-0.1, -0.05) is 0 Å². The van der Waals surface area contributed by atoms with Crippen LogP contribution < -0.4 is 5.32 Å². The quantitative estimate of drug-likeness (QED) is 0.729. The molecular formula is C12H22N2O2. The molecule has 0 bridgehead atoms. The van der Waals surface area contributed by atoms with E-state index in [-0.39, 0.29) is 0 Å². The summed E-state index contributed by atoms with van der Waals surface area (Å²) in [6, 6.07) is 2.33. The number of hydrogen-bond acceptors (Lipinski definition) is 4. The predicted molar refractivity (Wildman–Crippen MR) is 64.5 cm³/mol. The van der Waals surface area contributed by atoms with Crippen molar-refractivity contribution in [3.63, 3.8) is 0 Å². The first-order valence-electron chi connectivity index (χ1n) is 5.67. The molecule has 1 heterocycles. The van der Waals surface area contributed by atoms with E-state index in [4.69, 9.17) is 9.15 Å². The number of methoxy groups -OCH3 is 1. The summed E-state index contributed by atoms with van der Waals surface area (Å²) in [5.41, 5.74) is 1.19. The molecule has 0 fully saturated rings. The minimum absolute atomic E-state index is 0.342. The van der Waals surface area contributed by atoms with Crippen LogP contribution in [0.1, 0.15) is 18.5 Å². The Morgan fingerprint density at radius 1 is 1.50 bits per heavy atom. The number of likely N-dealkylation sites (N-methyl/N-ethyl adjacent to an activating group) is 1. The minimum atomic E-state index is 0.342. The summed E-state index contributed by atoms with van der Waals surface area (Å²) in [5, 5.41) is 3.45. The van der Waals surface area contributed by atoms with Crippen LogP contribution in [0, 0.1) is 0 Å². The fourth-order valence-electron chi connectivity index (χ4n) is 1.47. The number of hydrogen-bond donors (Lipinski definition) is 1. The van der Waals surface area contributed by atoms with Gasteiger partial charge in [0.25, 0.3) is 0 Å². The monoisotopic (exact) mass is 226 g/mol. The Hall–Kier alpha value is -0.840. The van der Waals surface area contributed by atoms with Gasteiger partial charge in [0.1, 0.15) is 0 Å². The highest BCUT2D eigenvalue weighted by Crippen LogP contribution is 2.11. The van der Waals surface area contributed by atoms with Crippen LogP contribution in [0.3, 0.4) is 0 Å². The van der Waals surface area contributed by atoms with Gasteiger partial charge in [-0.3, -0.25) is 0 Å². The van der Waals surface area contributed by atoms with Crippen LogP contribution in [0.25, 0.3) is 0 Å². The van der Waals surface area contributed by atoms with Gasteiger partial charge >= 0.3 is 0 Å². The largest absolute Gasteiger partial charge is 0.472 e.